The van der Waals surface area contributed by atoms with Crippen molar-refractivity contribution in [2.75, 3.05) is 0 Å². The first-order chi connectivity index (χ1) is 10.7. The monoisotopic (exact) mass is 373 g/mol. The van der Waals surface area contributed by atoms with Gasteiger partial charge < -0.3 is 4.42 Å². The van der Waals surface area contributed by atoms with Gasteiger partial charge in [0.05, 0.1) is 0 Å². The van der Waals surface area contributed by atoms with Crippen molar-refractivity contribution in [2.45, 2.75) is 0 Å². The molecule has 0 N–H and O–H groups in total. The highest BCUT2D eigenvalue weighted by Gasteiger charge is 2.07. The molecule has 0 atom stereocenters. The van der Waals surface area contributed by atoms with Crippen molar-refractivity contribution >= 4 is 38.3 Å². The van der Waals surface area contributed by atoms with Crippen molar-refractivity contribution < 1.29 is 4.42 Å². The predicted octanol–water partition coefficient (Wildman–Crippen LogP) is 2.72. The van der Waals surface area contributed by atoms with Crippen LogP contribution < -0.4 is 10.1 Å². The van der Waals surface area contributed by atoms with Crippen molar-refractivity contribution in [3.63, 3.8) is 0 Å². The molecule has 5 nitrogen and oxygen atoms in total. The van der Waals surface area contributed by atoms with Crippen LogP contribution in [0.4, 0.5) is 0 Å². The van der Waals surface area contributed by atoms with Crippen LogP contribution in [0.15, 0.2) is 56.4 Å². The summed E-state index contributed by atoms with van der Waals surface area (Å²) in [6, 6.07) is 11.6. The Bertz CT molecular complexity index is 1080. The van der Waals surface area contributed by atoms with Crippen molar-refractivity contribution in [1.29, 1.82) is 0 Å². The Morgan fingerprint density at radius 3 is 3.00 bits per heavy atom. The molecule has 4 rings (SSSR count). The van der Waals surface area contributed by atoms with Gasteiger partial charge in [0, 0.05) is 16.1 Å². The smallest absolute Gasteiger partial charge is 0.291 e. The third kappa shape index (κ3) is 2.28. The first kappa shape index (κ1) is 13.4. The van der Waals surface area contributed by atoms with Crippen LogP contribution in [0, 0.1) is 0 Å². The minimum Gasteiger partial charge on any atom is -0.457 e. The van der Waals surface area contributed by atoms with E-state index in [9.17, 15) is 4.79 Å². The molecular formula is C15H8BrN3O2S. The fourth-order valence-corrected chi connectivity index (χ4v) is 3.40. The van der Waals surface area contributed by atoms with Crippen LogP contribution in [-0.4, -0.2) is 14.6 Å². The summed E-state index contributed by atoms with van der Waals surface area (Å²) in [5, 5.41) is 3.89. The highest BCUT2D eigenvalue weighted by atomic mass is 79.9. The van der Waals surface area contributed by atoms with E-state index in [2.05, 4.69) is 26.0 Å². The summed E-state index contributed by atoms with van der Waals surface area (Å²) < 4.78 is 8.62. The lowest BCUT2D eigenvalue weighted by atomic mass is 10.2. The Labute approximate surface area is 136 Å². The third-order valence-electron chi connectivity index (χ3n) is 3.13. The second kappa shape index (κ2) is 5.19. The topological polar surface area (TPSA) is 60.4 Å². The molecule has 1 aromatic carbocycles. The summed E-state index contributed by atoms with van der Waals surface area (Å²) in [6.45, 7) is 0. The fraction of sp³-hybridized carbons (Fsp3) is 0. The van der Waals surface area contributed by atoms with Crippen molar-refractivity contribution in [3.8, 4) is 11.3 Å². The van der Waals surface area contributed by atoms with Gasteiger partial charge in [-0.15, -0.1) is 0 Å². The van der Waals surface area contributed by atoms with Crippen molar-refractivity contribution in [1.82, 2.24) is 14.6 Å². The Kier molecular flexibility index (Phi) is 3.16. The highest BCUT2D eigenvalue weighted by Crippen LogP contribution is 2.25. The molecule has 4 aromatic rings. The van der Waals surface area contributed by atoms with Crippen LogP contribution in [0.3, 0.4) is 0 Å². The minimum atomic E-state index is -0.182. The van der Waals surface area contributed by atoms with Gasteiger partial charge >= 0.3 is 0 Å². The van der Waals surface area contributed by atoms with Gasteiger partial charge in [0.2, 0.25) is 4.96 Å². The SMILES string of the molecule is O=c1/c(=C/c2ccc(-c3cccc(Br)c3)o2)sc2ncnn12. The summed E-state index contributed by atoms with van der Waals surface area (Å²) >= 11 is 4.73. The number of nitrogens with zero attached hydrogens (tertiary/aromatic N) is 3. The van der Waals surface area contributed by atoms with Gasteiger partial charge in [0.25, 0.3) is 5.56 Å². The van der Waals surface area contributed by atoms with Crippen LogP contribution in [0.2, 0.25) is 0 Å². The quantitative estimate of drug-likeness (QED) is 0.541. The van der Waals surface area contributed by atoms with Gasteiger partial charge in [-0.25, -0.2) is 4.98 Å². The molecule has 0 saturated heterocycles. The number of rotatable bonds is 2. The number of aromatic nitrogens is 3. The average Bonchev–Trinajstić information content (AvgIpc) is 3.20. The first-order valence-electron chi connectivity index (χ1n) is 6.41. The predicted molar refractivity (Wildman–Crippen MR) is 87.8 cm³/mol. The lowest BCUT2D eigenvalue weighted by Crippen LogP contribution is -2.23. The Morgan fingerprint density at radius 2 is 2.18 bits per heavy atom. The van der Waals surface area contributed by atoms with E-state index in [1.54, 1.807) is 6.08 Å². The maximum atomic E-state index is 12.1. The molecule has 0 spiro atoms. The van der Waals surface area contributed by atoms with Gasteiger partial charge in [-0.05, 0) is 24.3 Å². The standard InChI is InChI=1S/C15H8BrN3O2S/c16-10-3-1-2-9(6-10)12-5-4-11(21-12)7-13-14(20)19-15(22-13)17-8-18-19/h1-8H/b13-7-. The maximum absolute atomic E-state index is 12.1. The lowest BCUT2D eigenvalue weighted by molar-refractivity contribution is 0.571. The molecule has 3 aromatic heterocycles. The summed E-state index contributed by atoms with van der Waals surface area (Å²) in [5.74, 6) is 1.37. The molecule has 0 unspecified atom stereocenters. The minimum absolute atomic E-state index is 0.182. The van der Waals surface area contributed by atoms with Crippen LogP contribution in [-0.2, 0) is 0 Å². The van der Waals surface area contributed by atoms with Gasteiger partial charge in [-0.1, -0.05) is 39.4 Å². The molecule has 0 bridgehead atoms. The third-order valence-corrected chi connectivity index (χ3v) is 4.60. The molecule has 0 radical (unpaired) electrons. The van der Waals surface area contributed by atoms with Crippen LogP contribution in [0.25, 0.3) is 22.4 Å². The number of hydrogen-bond donors (Lipinski definition) is 0. The van der Waals surface area contributed by atoms with E-state index in [1.807, 2.05) is 36.4 Å². The molecule has 3 heterocycles. The molecule has 0 fully saturated rings. The van der Waals surface area contributed by atoms with E-state index in [0.29, 0.717) is 15.3 Å². The largest absolute Gasteiger partial charge is 0.457 e. The number of halogens is 1. The van der Waals surface area contributed by atoms with Crippen LogP contribution in [0.5, 0.6) is 0 Å². The number of thiazole rings is 1. The van der Waals surface area contributed by atoms with Gasteiger partial charge in [-0.2, -0.15) is 9.61 Å². The molecule has 22 heavy (non-hydrogen) atoms. The number of furan rings is 1. The first-order valence-corrected chi connectivity index (χ1v) is 8.02. The van der Waals surface area contributed by atoms with Gasteiger partial charge in [-0.3, -0.25) is 4.79 Å². The van der Waals surface area contributed by atoms with E-state index < -0.39 is 0 Å². The van der Waals surface area contributed by atoms with Crippen molar-refractivity contribution in [3.05, 3.63) is 67.8 Å². The summed E-state index contributed by atoms with van der Waals surface area (Å²) in [7, 11) is 0. The zero-order chi connectivity index (χ0) is 15.1. The molecule has 0 amide bonds. The van der Waals surface area contributed by atoms with E-state index in [-0.39, 0.29) is 5.56 Å². The zero-order valence-corrected chi connectivity index (χ0v) is 13.5. The Balaban J connectivity index is 1.78. The van der Waals surface area contributed by atoms with Crippen molar-refractivity contribution in [2.24, 2.45) is 0 Å². The molecular weight excluding hydrogens is 366 g/mol. The Hall–Kier alpha value is -2.25. The second-order valence-corrected chi connectivity index (χ2v) is 6.51. The van der Waals surface area contributed by atoms with Crippen LogP contribution in [0.1, 0.15) is 5.76 Å². The second-order valence-electron chi connectivity index (χ2n) is 4.58. The molecule has 0 aliphatic carbocycles. The average molecular weight is 374 g/mol. The maximum Gasteiger partial charge on any atom is 0.291 e. The van der Waals surface area contributed by atoms with E-state index in [1.165, 1.54) is 22.2 Å². The normalized spacial score (nSPS) is 12.3. The van der Waals surface area contributed by atoms with E-state index in [0.717, 1.165) is 15.8 Å². The van der Waals surface area contributed by atoms with Gasteiger partial charge in [0.15, 0.2) is 0 Å². The highest BCUT2D eigenvalue weighted by molar-refractivity contribution is 9.10. The summed E-state index contributed by atoms with van der Waals surface area (Å²) in [5.41, 5.74) is 0.789. The number of hydrogen-bond acceptors (Lipinski definition) is 5. The number of fused-ring (bicyclic) bond motifs is 1. The molecule has 7 heteroatoms. The molecule has 0 aliphatic heterocycles. The summed E-state index contributed by atoms with van der Waals surface area (Å²) in [4.78, 5) is 16.7. The lowest BCUT2D eigenvalue weighted by Gasteiger charge is -1.96. The molecule has 0 saturated carbocycles. The molecule has 108 valence electrons. The van der Waals surface area contributed by atoms with E-state index in [4.69, 9.17) is 4.42 Å². The molecule has 0 aliphatic rings. The van der Waals surface area contributed by atoms with Gasteiger partial charge in [0.1, 0.15) is 22.4 Å². The summed E-state index contributed by atoms with van der Waals surface area (Å²) in [6.07, 6.45) is 3.08. The fourth-order valence-electron chi connectivity index (χ4n) is 2.13. The zero-order valence-electron chi connectivity index (χ0n) is 11.1. The Morgan fingerprint density at radius 1 is 1.27 bits per heavy atom. The number of benzene rings is 1. The van der Waals surface area contributed by atoms with Crippen LogP contribution >= 0.6 is 27.3 Å². The van der Waals surface area contributed by atoms with E-state index >= 15 is 0 Å².